The number of halogens is 1. The molecule has 1 aliphatic heterocycles. The van der Waals surface area contributed by atoms with Crippen LogP contribution in [-0.4, -0.2) is 46.3 Å². The van der Waals surface area contributed by atoms with Crippen molar-refractivity contribution < 1.29 is 0 Å². The van der Waals surface area contributed by atoms with E-state index in [0.717, 1.165) is 48.1 Å². The number of hydrogen-bond donors (Lipinski definition) is 2. The average Bonchev–Trinajstić information content (AvgIpc) is 3.00. The number of anilines is 3. The number of rotatable bonds is 2. The van der Waals surface area contributed by atoms with Crippen molar-refractivity contribution in [2.45, 2.75) is 0 Å². The van der Waals surface area contributed by atoms with Crippen molar-refractivity contribution >= 4 is 40.0 Å². The highest BCUT2D eigenvalue weighted by molar-refractivity contribution is 6.30. The van der Waals surface area contributed by atoms with Gasteiger partial charge in [0, 0.05) is 36.9 Å². The zero-order valence-corrected chi connectivity index (χ0v) is 13.2. The van der Waals surface area contributed by atoms with E-state index < -0.39 is 0 Å². The number of nitrogens with one attached hydrogen (secondary N) is 1. The fraction of sp³-hybridized carbons (Fsp3) is 0.267. The highest BCUT2D eigenvalue weighted by atomic mass is 35.5. The molecule has 2 aromatic heterocycles. The number of nitrogens with zero attached hydrogens (tertiary/aromatic N) is 5. The Morgan fingerprint density at radius 2 is 1.87 bits per heavy atom. The van der Waals surface area contributed by atoms with Gasteiger partial charge in [0.25, 0.3) is 0 Å². The summed E-state index contributed by atoms with van der Waals surface area (Å²) in [4.78, 5) is 12.8. The lowest BCUT2D eigenvalue weighted by Crippen LogP contribution is -2.46. The molecule has 8 heteroatoms. The molecule has 1 saturated heterocycles. The van der Waals surface area contributed by atoms with E-state index in [1.807, 2.05) is 18.2 Å². The van der Waals surface area contributed by atoms with E-state index in [-0.39, 0.29) is 0 Å². The van der Waals surface area contributed by atoms with Crippen LogP contribution in [0.15, 0.2) is 30.6 Å². The van der Waals surface area contributed by atoms with Crippen molar-refractivity contribution in [1.82, 2.24) is 20.2 Å². The lowest BCUT2D eigenvalue weighted by atomic mass is 10.2. The molecule has 7 nitrogen and oxygen atoms in total. The van der Waals surface area contributed by atoms with Crippen LogP contribution in [0.3, 0.4) is 0 Å². The van der Waals surface area contributed by atoms with Crippen LogP contribution in [0.2, 0.25) is 5.02 Å². The number of fused-ring (bicyclic) bond motifs is 1. The van der Waals surface area contributed by atoms with Crippen LogP contribution in [0.4, 0.5) is 17.3 Å². The number of aromatic amines is 1. The van der Waals surface area contributed by atoms with Gasteiger partial charge in [0.1, 0.15) is 17.5 Å². The quantitative estimate of drug-likeness (QED) is 0.747. The topological polar surface area (TPSA) is 87.0 Å². The largest absolute Gasteiger partial charge is 0.383 e. The minimum Gasteiger partial charge on any atom is -0.383 e. The number of H-pyrrole nitrogens is 1. The molecule has 0 radical (unpaired) electrons. The van der Waals surface area contributed by atoms with Gasteiger partial charge in [0.05, 0.1) is 0 Å². The van der Waals surface area contributed by atoms with Crippen LogP contribution < -0.4 is 15.5 Å². The van der Waals surface area contributed by atoms with Crippen LogP contribution in [0.1, 0.15) is 0 Å². The van der Waals surface area contributed by atoms with Crippen LogP contribution in [0.25, 0.3) is 11.0 Å². The highest BCUT2D eigenvalue weighted by Gasteiger charge is 2.22. The molecule has 3 aromatic rings. The fourth-order valence-electron chi connectivity index (χ4n) is 2.94. The van der Waals surface area contributed by atoms with Gasteiger partial charge in [0.2, 0.25) is 0 Å². The molecule has 3 heterocycles. The second-order valence-electron chi connectivity index (χ2n) is 5.48. The first-order chi connectivity index (χ1) is 11.2. The molecule has 0 saturated carbocycles. The molecule has 1 aliphatic rings. The van der Waals surface area contributed by atoms with Gasteiger partial charge in [-0.25, -0.2) is 9.97 Å². The number of hydrogen-bond acceptors (Lipinski definition) is 6. The first-order valence-corrected chi connectivity index (χ1v) is 7.80. The summed E-state index contributed by atoms with van der Waals surface area (Å²) < 4.78 is 0. The normalized spacial score (nSPS) is 15.3. The number of piperazine rings is 1. The zero-order chi connectivity index (χ0) is 15.8. The van der Waals surface area contributed by atoms with Gasteiger partial charge >= 0.3 is 0 Å². The van der Waals surface area contributed by atoms with Crippen molar-refractivity contribution in [3.8, 4) is 0 Å². The number of aromatic nitrogens is 4. The second-order valence-corrected chi connectivity index (χ2v) is 5.92. The van der Waals surface area contributed by atoms with E-state index in [4.69, 9.17) is 17.3 Å². The minimum absolute atomic E-state index is 0.455. The molecule has 0 bridgehead atoms. The molecule has 3 N–H and O–H groups in total. The van der Waals surface area contributed by atoms with Crippen LogP contribution >= 0.6 is 11.6 Å². The first kappa shape index (κ1) is 14.1. The average molecular weight is 330 g/mol. The molecule has 118 valence electrons. The van der Waals surface area contributed by atoms with E-state index in [9.17, 15) is 0 Å². The summed E-state index contributed by atoms with van der Waals surface area (Å²) in [6.45, 7) is 3.48. The lowest BCUT2D eigenvalue weighted by Gasteiger charge is -2.36. The SMILES string of the molecule is Nc1ncnc2[nH]nc(N3CCN(c4cccc(Cl)c4)CC3)c12. The third kappa shape index (κ3) is 2.53. The van der Waals surface area contributed by atoms with Gasteiger partial charge < -0.3 is 15.5 Å². The van der Waals surface area contributed by atoms with E-state index in [1.54, 1.807) is 0 Å². The molecule has 0 aliphatic carbocycles. The summed E-state index contributed by atoms with van der Waals surface area (Å²) in [5, 5.41) is 8.85. The van der Waals surface area contributed by atoms with Crippen molar-refractivity contribution in [2.75, 3.05) is 41.7 Å². The van der Waals surface area contributed by atoms with Crippen LogP contribution in [-0.2, 0) is 0 Å². The Bertz CT molecular complexity index is 839. The van der Waals surface area contributed by atoms with Crippen molar-refractivity contribution in [1.29, 1.82) is 0 Å². The Morgan fingerprint density at radius 1 is 1.09 bits per heavy atom. The molecule has 0 spiro atoms. The van der Waals surface area contributed by atoms with E-state index >= 15 is 0 Å². The molecule has 23 heavy (non-hydrogen) atoms. The third-order valence-electron chi connectivity index (χ3n) is 4.12. The van der Waals surface area contributed by atoms with Crippen LogP contribution in [0.5, 0.6) is 0 Å². The Kier molecular flexibility index (Phi) is 3.42. The van der Waals surface area contributed by atoms with Crippen LogP contribution in [0, 0.1) is 0 Å². The Balaban J connectivity index is 1.55. The van der Waals surface area contributed by atoms with Gasteiger partial charge in [-0.2, -0.15) is 5.10 Å². The number of benzene rings is 1. The van der Waals surface area contributed by atoms with Crippen molar-refractivity contribution in [3.05, 3.63) is 35.6 Å². The van der Waals surface area contributed by atoms with Crippen molar-refractivity contribution in [3.63, 3.8) is 0 Å². The number of nitrogen functional groups attached to an aromatic ring is 1. The van der Waals surface area contributed by atoms with Crippen molar-refractivity contribution in [2.24, 2.45) is 0 Å². The molecule has 0 amide bonds. The maximum absolute atomic E-state index is 6.08. The lowest BCUT2D eigenvalue weighted by molar-refractivity contribution is 0.648. The van der Waals surface area contributed by atoms with Gasteiger partial charge in [-0.15, -0.1) is 0 Å². The summed E-state index contributed by atoms with van der Waals surface area (Å²) in [6, 6.07) is 7.94. The maximum Gasteiger partial charge on any atom is 0.163 e. The first-order valence-electron chi connectivity index (χ1n) is 7.42. The Morgan fingerprint density at radius 3 is 2.65 bits per heavy atom. The number of nitrogens with two attached hydrogens (primary N) is 1. The molecule has 4 rings (SSSR count). The van der Waals surface area contributed by atoms with E-state index in [2.05, 4.69) is 36.0 Å². The Labute approximate surface area is 138 Å². The van der Waals surface area contributed by atoms with Gasteiger partial charge in [-0.05, 0) is 18.2 Å². The Hall–Kier alpha value is -2.54. The molecule has 1 fully saturated rings. The van der Waals surface area contributed by atoms with Gasteiger partial charge in [-0.3, -0.25) is 5.10 Å². The molecular formula is C15H16ClN7. The molecular weight excluding hydrogens is 314 g/mol. The molecule has 1 aromatic carbocycles. The third-order valence-corrected chi connectivity index (χ3v) is 4.36. The van der Waals surface area contributed by atoms with E-state index in [1.165, 1.54) is 6.33 Å². The molecule has 0 atom stereocenters. The summed E-state index contributed by atoms with van der Waals surface area (Å²) in [5.41, 5.74) is 7.80. The summed E-state index contributed by atoms with van der Waals surface area (Å²) in [6.07, 6.45) is 1.44. The minimum atomic E-state index is 0.455. The standard InChI is InChI=1S/C15H16ClN7/c16-10-2-1-3-11(8-10)22-4-6-23(7-5-22)15-12-13(17)18-9-19-14(12)20-21-15/h1-3,8-9H,4-7H2,(H3,17,18,19,20,21). The predicted octanol–water partition coefficient (Wildman–Crippen LogP) is 1.92. The highest BCUT2D eigenvalue weighted by Crippen LogP contribution is 2.28. The molecule has 0 unspecified atom stereocenters. The second kappa shape index (κ2) is 5.58. The predicted molar refractivity (Wildman–Crippen MR) is 92.0 cm³/mol. The van der Waals surface area contributed by atoms with E-state index in [0.29, 0.717) is 11.5 Å². The summed E-state index contributed by atoms with van der Waals surface area (Å²) in [7, 11) is 0. The van der Waals surface area contributed by atoms with Gasteiger partial charge in [-0.1, -0.05) is 17.7 Å². The summed E-state index contributed by atoms with van der Waals surface area (Å²) in [5.74, 6) is 1.28. The monoisotopic (exact) mass is 329 g/mol. The maximum atomic E-state index is 6.08. The van der Waals surface area contributed by atoms with Gasteiger partial charge in [0.15, 0.2) is 11.5 Å². The smallest absolute Gasteiger partial charge is 0.163 e. The summed E-state index contributed by atoms with van der Waals surface area (Å²) >= 11 is 6.08. The zero-order valence-electron chi connectivity index (χ0n) is 12.4. The fourth-order valence-corrected chi connectivity index (χ4v) is 3.13.